The lowest BCUT2D eigenvalue weighted by Crippen LogP contribution is -2.30. The average molecular weight is 341 g/mol. The summed E-state index contributed by atoms with van der Waals surface area (Å²) in [5.41, 5.74) is 3.94. The molecule has 0 bridgehead atoms. The van der Waals surface area contributed by atoms with E-state index in [1.807, 2.05) is 0 Å². The maximum absolute atomic E-state index is 2.55. The second-order valence-electron chi connectivity index (χ2n) is 6.68. The van der Waals surface area contributed by atoms with Crippen LogP contribution in [0.4, 0.5) is 0 Å². The fraction of sp³-hybridized carbons (Fsp3) is 0.200. The van der Waals surface area contributed by atoms with Crippen LogP contribution >= 0.6 is 0 Å². The standard InChI is InChI=1S/C25H27N/c1-21(24-16-8-4-9-17-24)26(22(2)25-18-10-5-11-19-25)20-12-15-23-13-6-3-7-14-23/h3-19,21-22H,20H2,1-2H3/b15-12+/t21-,22+. The SMILES string of the molecule is C[C@H](c1ccccc1)N(C/C=C/c1ccccc1)[C@@H](C)c1ccccc1. The third kappa shape index (κ3) is 4.71. The minimum Gasteiger partial charge on any atom is -0.286 e. The van der Waals surface area contributed by atoms with Gasteiger partial charge in [0.25, 0.3) is 0 Å². The third-order valence-corrected chi connectivity index (χ3v) is 4.98. The van der Waals surface area contributed by atoms with Gasteiger partial charge in [-0.1, -0.05) is 103 Å². The number of nitrogens with zero attached hydrogens (tertiary/aromatic N) is 1. The molecule has 1 nitrogen and oxygen atoms in total. The summed E-state index contributed by atoms with van der Waals surface area (Å²) in [6.45, 7) is 5.50. The van der Waals surface area contributed by atoms with Crippen molar-refractivity contribution < 1.29 is 0 Å². The van der Waals surface area contributed by atoms with Crippen LogP contribution in [0.5, 0.6) is 0 Å². The molecule has 3 rings (SSSR count). The Hall–Kier alpha value is -2.64. The van der Waals surface area contributed by atoms with Gasteiger partial charge in [-0.15, -0.1) is 0 Å². The molecule has 26 heavy (non-hydrogen) atoms. The Morgan fingerprint density at radius 1 is 0.654 bits per heavy atom. The molecule has 1 heteroatoms. The lowest BCUT2D eigenvalue weighted by molar-refractivity contribution is 0.174. The summed E-state index contributed by atoms with van der Waals surface area (Å²) in [7, 11) is 0. The van der Waals surface area contributed by atoms with E-state index in [9.17, 15) is 0 Å². The predicted octanol–water partition coefficient (Wildman–Crippen LogP) is 6.52. The lowest BCUT2D eigenvalue weighted by atomic mass is 10.0. The Balaban J connectivity index is 1.82. The van der Waals surface area contributed by atoms with Gasteiger partial charge >= 0.3 is 0 Å². The molecule has 0 aliphatic rings. The molecule has 0 saturated heterocycles. The highest BCUT2D eigenvalue weighted by Gasteiger charge is 2.21. The molecule has 3 aromatic rings. The molecule has 0 aliphatic carbocycles. The van der Waals surface area contributed by atoms with E-state index in [0.717, 1.165) is 6.54 Å². The zero-order valence-electron chi connectivity index (χ0n) is 15.6. The molecule has 0 N–H and O–H groups in total. The Bertz CT molecular complexity index is 748. The minimum atomic E-state index is 0.340. The highest BCUT2D eigenvalue weighted by Crippen LogP contribution is 2.30. The van der Waals surface area contributed by atoms with Gasteiger partial charge in [0.1, 0.15) is 0 Å². The van der Waals surface area contributed by atoms with E-state index in [1.165, 1.54) is 16.7 Å². The molecule has 132 valence electrons. The Kier molecular flexibility index (Phi) is 6.40. The Morgan fingerprint density at radius 3 is 1.54 bits per heavy atom. The Morgan fingerprint density at radius 2 is 1.08 bits per heavy atom. The molecular weight excluding hydrogens is 314 g/mol. The van der Waals surface area contributed by atoms with Crippen molar-refractivity contribution in [1.29, 1.82) is 0 Å². The summed E-state index contributed by atoms with van der Waals surface area (Å²) in [4.78, 5) is 2.55. The summed E-state index contributed by atoms with van der Waals surface area (Å²) < 4.78 is 0. The highest BCUT2D eigenvalue weighted by molar-refractivity contribution is 5.48. The molecule has 0 unspecified atom stereocenters. The molecule has 0 amide bonds. The predicted molar refractivity (Wildman–Crippen MR) is 112 cm³/mol. The van der Waals surface area contributed by atoms with Crippen LogP contribution in [-0.2, 0) is 0 Å². The summed E-state index contributed by atoms with van der Waals surface area (Å²) in [5.74, 6) is 0. The number of hydrogen-bond acceptors (Lipinski definition) is 1. The summed E-state index contributed by atoms with van der Waals surface area (Å²) >= 11 is 0. The van der Waals surface area contributed by atoms with Crippen LogP contribution in [0.15, 0.2) is 97.1 Å². The normalized spacial score (nSPS) is 13.8. The lowest BCUT2D eigenvalue weighted by Gasteiger charge is -2.34. The van der Waals surface area contributed by atoms with E-state index in [0.29, 0.717) is 12.1 Å². The van der Waals surface area contributed by atoms with Gasteiger partial charge in [-0.25, -0.2) is 0 Å². The van der Waals surface area contributed by atoms with Gasteiger partial charge in [0.15, 0.2) is 0 Å². The van der Waals surface area contributed by atoms with Crippen LogP contribution in [0, 0.1) is 0 Å². The summed E-state index contributed by atoms with van der Waals surface area (Å²) in [6, 6.07) is 32.7. The first-order valence-electron chi connectivity index (χ1n) is 9.33. The van der Waals surface area contributed by atoms with Crippen molar-refractivity contribution in [2.24, 2.45) is 0 Å². The van der Waals surface area contributed by atoms with Crippen molar-refractivity contribution >= 4 is 6.08 Å². The second kappa shape index (κ2) is 9.17. The number of benzene rings is 3. The van der Waals surface area contributed by atoms with Gasteiger partial charge in [-0.3, -0.25) is 4.90 Å². The van der Waals surface area contributed by atoms with Crippen LogP contribution in [0.3, 0.4) is 0 Å². The molecule has 0 aromatic heterocycles. The minimum absolute atomic E-state index is 0.340. The smallest absolute Gasteiger partial charge is 0.0329 e. The van der Waals surface area contributed by atoms with Gasteiger partial charge in [0, 0.05) is 18.6 Å². The summed E-state index contributed by atoms with van der Waals surface area (Å²) in [5, 5.41) is 0. The van der Waals surface area contributed by atoms with Crippen molar-refractivity contribution in [3.8, 4) is 0 Å². The van der Waals surface area contributed by atoms with Crippen molar-refractivity contribution in [3.63, 3.8) is 0 Å². The molecule has 0 saturated carbocycles. The molecule has 3 aromatic carbocycles. The molecule has 0 radical (unpaired) electrons. The average Bonchev–Trinajstić information content (AvgIpc) is 2.72. The first-order valence-corrected chi connectivity index (χ1v) is 9.33. The van der Waals surface area contributed by atoms with Crippen LogP contribution in [0.1, 0.15) is 42.6 Å². The fourth-order valence-corrected chi connectivity index (χ4v) is 3.37. The molecular formula is C25H27N. The van der Waals surface area contributed by atoms with Crippen LogP contribution in [0.25, 0.3) is 6.08 Å². The van der Waals surface area contributed by atoms with Gasteiger partial charge < -0.3 is 0 Å². The molecule has 0 fully saturated rings. The second-order valence-corrected chi connectivity index (χ2v) is 6.68. The van der Waals surface area contributed by atoms with Crippen LogP contribution in [0.2, 0.25) is 0 Å². The summed E-state index contributed by atoms with van der Waals surface area (Å²) in [6.07, 6.45) is 4.48. The number of rotatable bonds is 7. The first kappa shape index (κ1) is 18.2. The molecule has 0 heterocycles. The zero-order valence-corrected chi connectivity index (χ0v) is 15.6. The molecule has 2 atom stereocenters. The van der Waals surface area contributed by atoms with E-state index in [1.54, 1.807) is 0 Å². The van der Waals surface area contributed by atoms with E-state index in [-0.39, 0.29) is 0 Å². The van der Waals surface area contributed by atoms with E-state index >= 15 is 0 Å². The maximum atomic E-state index is 2.55. The highest BCUT2D eigenvalue weighted by atomic mass is 15.2. The topological polar surface area (TPSA) is 3.24 Å². The molecule has 0 aliphatic heterocycles. The van der Waals surface area contributed by atoms with Gasteiger partial charge in [-0.2, -0.15) is 0 Å². The first-order chi connectivity index (χ1) is 12.8. The van der Waals surface area contributed by atoms with Crippen LogP contribution < -0.4 is 0 Å². The third-order valence-electron chi connectivity index (χ3n) is 4.98. The van der Waals surface area contributed by atoms with Crippen molar-refractivity contribution in [1.82, 2.24) is 4.90 Å². The maximum Gasteiger partial charge on any atom is 0.0329 e. The number of hydrogen-bond donors (Lipinski definition) is 0. The fourth-order valence-electron chi connectivity index (χ4n) is 3.37. The zero-order chi connectivity index (χ0) is 18.2. The quantitative estimate of drug-likeness (QED) is 0.472. The van der Waals surface area contributed by atoms with Crippen molar-refractivity contribution in [2.75, 3.05) is 6.54 Å². The largest absolute Gasteiger partial charge is 0.286 e. The van der Waals surface area contributed by atoms with Gasteiger partial charge in [-0.05, 0) is 30.5 Å². The van der Waals surface area contributed by atoms with Gasteiger partial charge in [0.2, 0.25) is 0 Å². The Labute approximate surface area is 157 Å². The van der Waals surface area contributed by atoms with Crippen molar-refractivity contribution in [2.45, 2.75) is 25.9 Å². The van der Waals surface area contributed by atoms with E-state index in [4.69, 9.17) is 0 Å². The van der Waals surface area contributed by atoms with Crippen molar-refractivity contribution in [3.05, 3.63) is 114 Å². The van der Waals surface area contributed by atoms with Crippen LogP contribution in [-0.4, -0.2) is 11.4 Å². The van der Waals surface area contributed by atoms with E-state index < -0.39 is 0 Å². The van der Waals surface area contributed by atoms with Gasteiger partial charge in [0.05, 0.1) is 0 Å². The monoisotopic (exact) mass is 341 g/mol. The van der Waals surface area contributed by atoms with E-state index in [2.05, 4.69) is 122 Å². The molecule has 0 spiro atoms.